The van der Waals surface area contributed by atoms with Crippen molar-refractivity contribution >= 4 is 21.8 Å². The summed E-state index contributed by atoms with van der Waals surface area (Å²) in [5.41, 5.74) is 0.438. The number of carbonyl (C=O) groups excluding carboxylic acids is 2. The number of carbonyl (C=O) groups is 2. The van der Waals surface area contributed by atoms with Gasteiger partial charge in [-0.15, -0.1) is 0 Å². The fourth-order valence-electron chi connectivity index (χ4n) is 4.66. The summed E-state index contributed by atoms with van der Waals surface area (Å²) >= 11 is 0. The quantitative estimate of drug-likeness (QED) is 0.559. The molecule has 2 aliphatic rings. The fraction of sp³-hybridized carbons (Fsp3) is 0.583. The Labute approximate surface area is 196 Å². The van der Waals surface area contributed by atoms with Gasteiger partial charge in [0.2, 0.25) is 15.9 Å². The number of hydrogen-bond acceptors (Lipinski definition) is 5. The largest absolute Gasteiger partial charge is 0.381 e. The summed E-state index contributed by atoms with van der Waals surface area (Å²) in [4.78, 5) is 24.3. The molecule has 182 valence electrons. The SMILES string of the molecule is C=CC(=O)NC1C(C)CN(S(=O)(=O)c2ccc(C(=O)NCCC3CCOCC3)cc2)CC1C. The zero-order chi connectivity index (χ0) is 24.0. The van der Waals surface area contributed by atoms with E-state index >= 15 is 0 Å². The first kappa shape index (κ1) is 25.4. The van der Waals surface area contributed by atoms with Crippen molar-refractivity contribution in [1.82, 2.24) is 14.9 Å². The highest BCUT2D eigenvalue weighted by molar-refractivity contribution is 7.89. The Hall–Kier alpha value is -2.23. The van der Waals surface area contributed by atoms with Crippen molar-refractivity contribution < 1.29 is 22.7 Å². The van der Waals surface area contributed by atoms with Crippen molar-refractivity contribution in [2.45, 2.75) is 44.0 Å². The van der Waals surface area contributed by atoms with Crippen LogP contribution in [0.2, 0.25) is 0 Å². The van der Waals surface area contributed by atoms with Crippen molar-refractivity contribution in [2.24, 2.45) is 17.8 Å². The minimum Gasteiger partial charge on any atom is -0.381 e. The highest BCUT2D eigenvalue weighted by Crippen LogP contribution is 2.27. The van der Waals surface area contributed by atoms with Gasteiger partial charge in [0.15, 0.2) is 0 Å². The maximum atomic E-state index is 13.2. The van der Waals surface area contributed by atoms with Crippen LogP contribution in [0.4, 0.5) is 0 Å². The number of rotatable bonds is 8. The third kappa shape index (κ3) is 6.43. The van der Waals surface area contributed by atoms with Crippen LogP contribution in [-0.4, -0.2) is 63.4 Å². The number of nitrogens with one attached hydrogen (secondary N) is 2. The van der Waals surface area contributed by atoms with Gasteiger partial charge in [0, 0.05) is 44.5 Å². The van der Waals surface area contributed by atoms with Gasteiger partial charge >= 0.3 is 0 Å². The van der Waals surface area contributed by atoms with Crippen molar-refractivity contribution in [3.8, 4) is 0 Å². The molecule has 8 nitrogen and oxygen atoms in total. The Balaban J connectivity index is 1.58. The molecule has 0 aromatic heterocycles. The molecule has 2 unspecified atom stereocenters. The third-order valence-electron chi connectivity index (χ3n) is 6.64. The number of amides is 2. The van der Waals surface area contributed by atoms with Crippen molar-refractivity contribution in [2.75, 3.05) is 32.8 Å². The molecular weight excluding hydrogens is 442 g/mol. The molecule has 2 aliphatic heterocycles. The Morgan fingerprint density at radius 3 is 2.30 bits per heavy atom. The van der Waals surface area contributed by atoms with Crippen molar-refractivity contribution in [1.29, 1.82) is 0 Å². The Bertz CT molecular complexity index is 929. The van der Waals surface area contributed by atoms with Gasteiger partial charge in [0.25, 0.3) is 5.91 Å². The van der Waals surface area contributed by atoms with Crippen LogP contribution in [0.3, 0.4) is 0 Å². The number of hydrogen-bond donors (Lipinski definition) is 2. The second kappa shape index (κ2) is 11.3. The van der Waals surface area contributed by atoms with E-state index in [1.54, 1.807) is 12.1 Å². The molecule has 0 bridgehead atoms. The van der Waals surface area contributed by atoms with Gasteiger partial charge in [-0.1, -0.05) is 20.4 Å². The normalized spacial score (nSPS) is 24.7. The van der Waals surface area contributed by atoms with E-state index in [2.05, 4.69) is 17.2 Å². The standard InChI is InChI=1S/C24H35N3O5S/c1-4-22(28)26-23-17(2)15-27(16-18(23)3)33(30,31)21-7-5-20(6-8-21)24(29)25-12-9-19-10-13-32-14-11-19/h4-8,17-19,23H,1,9-16H2,2-3H3,(H,25,29)(H,26,28). The van der Waals surface area contributed by atoms with Crippen LogP contribution in [-0.2, 0) is 19.6 Å². The van der Waals surface area contributed by atoms with Crippen LogP contribution < -0.4 is 10.6 Å². The molecule has 2 saturated heterocycles. The molecule has 2 fully saturated rings. The predicted octanol–water partition coefficient (Wildman–Crippen LogP) is 2.18. The highest BCUT2D eigenvalue weighted by atomic mass is 32.2. The highest BCUT2D eigenvalue weighted by Gasteiger charge is 2.38. The van der Waals surface area contributed by atoms with Crippen LogP contribution in [0.25, 0.3) is 0 Å². The predicted molar refractivity (Wildman–Crippen MR) is 126 cm³/mol. The van der Waals surface area contributed by atoms with Gasteiger partial charge < -0.3 is 15.4 Å². The topological polar surface area (TPSA) is 105 Å². The molecule has 0 saturated carbocycles. The first-order valence-electron chi connectivity index (χ1n) is 11.6. The van der Waals surface area contributed by atoms with Crippen LogP contribution in [0.5, 0.6) is 0 Å². The minimum atomic E-state index is -3.70. The molecule has 0 radical (unpaired) electrons. The molecule has 3 rings (SSSR count). The van der Waals surface area contributed by atoms with E-state index < -0.39 is 10.0 Å². The molecule has 0 spiro atoms. The van der Waals surface area contributed by atoms with Gasteiger partial charge in [-0.05, 0) is 67.4 Å². The Morgan fingerprint density at radius 2 is 1.73 bits per heavy atom. The van der Waals surface area contributed by atoms with Crippen LogP contribution in [0.15, 0.2) is 41.8 Å². The number of sulfonamides is 1. The lowest BCUT2D eigenvalue weighted by molar-refractivity contribution is -0.118. The number of ether oxygens (including phenoxy) is 1. The Kier molecular flexibility index (Phi) is 8.67. The maximum Gasteiger partial charge on any atom is 0.251 e. The lowest BCUT2D eigenvalue weighted by atomic mass is 9.87. The average Bonchev–Trinajstić information content (AvgIpc) is 2.81. The van der Waals surface area contributed by atoms with Crippen LogP contribution in [0.1, 0.15) is 43.5 Å². The minimum absolute atomic E-state index is 0.0480. The zero-order valence-corrected chi connectivity index (χ0v) is 20.3. The monoisotopic (exact) mass is 477 g/mol. The lowest BCUT2D eigenvalue weighted by Gasteiger charge is -2.40. The molecule has 1 aromatic carbocycles. The molecule has 0 aliphatic carbocycles. The maximum absolute atomic E-state index is 13.2. The van der Waals surface area contributed by atoms with Crippen LogP contribution >= 0.6 is 0 Å². The van der Waals surface area contributed by atoms with Gasteiger partial charge in [-0.3, -0.25) is 9.59 Å². The van der Waals surface area contributed by atoms with E-state index in [0.717, 1.165) is 32.5 Å². The third-order valence-corrected chi connectivity index (χ3v) is 8.48. The summed E-state index contributed by atoms with van der Waals surface area (Å²) < 4.78 is 33.2. The van der Waals surface area contributed by atoms with Gasteiger partial charge in [-0.2, -0.15) is 4.31 Å². The van der Waals surface area contributed by atoms with Crippen molar-refractivity contribution in [3.63, 3.8) is 0 Å². The number of piperidine rings is 1. The molecule has 9 heteroatoms. The molecule has 2 atom stereocenters. The summed E-state index contributed by atoms with van der Waals surface area (Å²) in [7, 11) is -3.70. The van der Waals surface area contributed by atoms with E-state index in [0.29, 0.717) is 31.1 Å². The van der Waals surface area contributed by atoms with E-state index in [-0.39, 0.29) is 34.6 Å². The fourth-order valence-corrected chi connectivity index (χ4v) is 6.30. The average molecular weight is 478 g/mol. The zero-order valence-electron chi connectivity index (χ0n) is 19.5. The second-order valence-electron chi connectivity index (χ2n) is 9.14. The second-order valence-corrected chi connectivity index (χ2v) is 11.1. The summed E-state index contributed by atoms with van der Waals surface area (Å²) in [6, 6.07) is 5.98. The first-order chi connectivity index (χ1) is 15.7. The molecule has 33 heavy (non-hydrogen) atoms. The number of benzene rings is 1. The van der Waals surface area contributed by atoms with E-state index in [9.17, 15) is 18.0 Å². The summed E-state index contributed by atoms with van der Waals surface area (Å²) in [6.07, 6.45) is 4.20. The molecule has 1 aromatic rings. The smallest absolute Gasteiger partial charge is 0.251 e. The van der Waals surface area contributed by atoms with Gasteiger partial charge in [-0.25, -0.2) is 8.42 Å². The van der Waals surface area contributed by atoms with Gasteiger partial charge in [0.05, 0.1) is 4.90 Å². The van der Waals surface area contributed by atoms with Crippen molar-refractivity contribution in [3.05, 3.63) is 42.5 Å². The summed E-state index contributed by atoms with van der Waals surface area (Å²) in [6.45, 7) is 10.1. The van der Waals surface area contributed by atoms with E-state index in [1.165, 1.54) is 22.5 Å². The van der Waals surface area contributed by atoms with Gasteiger partial charge in [0.1, 0.15) is 0 Å². The summed E-state index contributed by atoms with van der Waals surface area (Å²) in [5.74, 6) is 0.0237. The van der Waals surface area contributed by atoms with E-state index in [1.807, 2.05) is 13.8 Å². The Morgan fingerprint density at radius 1 is 1.12 bits per heavy atom. The first-order valence-corrected chi connectivity index (χ1v) is 13.1. The molecule has 2 heterocycles. The van der Waals surface area contributed by atoms with Crippen LogP contribution in [0, 0.1) is 17.8 Å². The van der Waals surface area contributed by atoms with E-state index in [4.69, 9.17) is 4.74 Å². The molecule has 2 amide bonds. The molecular formula is C24H35N3O5S. The lowest BCUT2D eigenvalue weighted by Crippen LogP contribution is -2.55. The summed E-state index contributed by atoms with van der Waals surface area (Å²) in [5, 5.41) is 5.83. The number of nitrogens with zero attached hydrogens (tertiary/aromatic N) is 1. The molecule has 2 N–H and O–H groups in total.